The molecule has 8 heteroatoms. The Hall–Kier alpha value is -3.10. The molecule has 3 rings (SSSR count). The van der Waals surface area contributed by atoms with Crippen molar-refractivity contribution in [2.45, 2.75) is 51.4 Å². The van der Waals surface area contributed by atoms with Crippen molar-refractivity contribution in [3.8, 4) is 11.5 Å². The second-order valence-corrected chi connectivity index (χ2v) is 8.66. The van der Waals surface area contributed by atoms with Gasteiger partial charge in [-0.15, -0.1) is 0 Å². The van der Waals surface area contributed by atoms with E-state index in [0.29, 0.717) is 17.1 Å². The zero-order valence-electron chi connectivity index (χ0n) is 19.7. The summed E-state index contributed by atoms with van der Waals surface area (Å²) in [7, 11) is 0. The topological polar surface area (TPSA) is 106 Å². The van der Waals surface area contributed by atoms with Gasteiger partial charge in [0.15, 0.2) is 6.10 Å². The predicted octanol–water partition coefficient (Wildman–Crippen LogP) is 3.16. The van der Waals surface area contributed by atoms with E-state index in [-0.39, 0.29) is 31.6 Å². The van der Waals surface area contributed by atoms with E-state index < -0.39 is 18.2 Å². The zero-order chi connectivity index (χ0) is 24.5. The summed E-state index contributed by atoms with van der Waals surface area (Å²) >= 11 is 0. The highest BCUT2D eigenvalue weighted by Gasteiger charge is 2.21. The molecule has 1 amide bonds. The first kappa shape index (κ1) is 25.5. The third kappa shape index (κ3) is 7.74. The number of aliphatic carboxylic acids is 1. The van der Waals surface area contributed by atoms with Crippen LogP contribution in [0.3, 0.4) is 0 Å². The van der Waals surface area contributed by atoms with Crippen LogP contribution in [0, 0.1) is 0 Å². The molecule has 1 aliphatic heterocycles. The summed E-state index contributed by atoms with van der Waals surface area (Å²) in [5.41, 5.74) is 1.39. The monoisotopic (exact) mass is 471 g/mol. The molecule has 0 aromatic heterocycles. The molecule has 2 N–H and O–H groups in total. The molecule has 1 aliphatic rings. The molecule has 0 aliphatic carbocycles. The van der Waals surface area contributed by atoms with Crippen molar-refractivity contribution >= 4 is 11.9 Å². The molecule has 0 spiro atoms. The van der Waals surface area contributed by atoms with Gasteiger partial charge in [-0.25, -0.2) is 4.79 Å². The Kier molecular flexibility index (Phi) is 9.30. The Morgan fingerprint density at radius 2 is 1.62 bits per heavy atom. The fourth-order valence-electron chi connectivity index (χ4n) is 3.73. The number of likely N-dealkylation sites (tertiary alicyclic amines) is 1. The first-order chi connectivity index (χ1) is 16.3. The quantitative estimate of drug-likeness (QED) is 0.490. The second kappa shape index (κ2) is 12.4. The first-order valence-corrected chi connectivity index (χ1v) is 11.6. The van der Waals surface area contributed by atoms with Gasteiger partial charge < -0.3 is 29.3 Å². The lowest BCUT2D eigenvalue weighted by molar-refractivity contribution is -0.153. The van der Waals surface area contributed by atoms with Gasteiger partial charge in [0.1, 0.15) is 30.8 Å². The Morgan fingerprint density at radius 3 is 2.24 bits per heavy atom. The molecule has 0 bridgehead atoms. The van der Waals surface area contributed by atoms with Gasteiger partial charge in [0.05, 0.1) is 6.10 Å². The number of carbonyl (C=O) groups is 2. The fourth-order valence-corrected chi connectivity index (χ4v) is 3.73. The van der Waals surface area contributed by atoms with Crippen molar-refractivity contribution in [2.24, 2.45) is 0 Å². The minimum Gasteiger partial charge on any atom is -0.491 e. The Balaban J connectivity index is 1.45. The predicted molar refractivity (Wildman–Crippen MR) is 126 cm³/mol. The van der Waals surface area contributed by atoms with Crippen LogP contribution in [-0.2, 0) is 16.0 Å². The molecule has 0 saturated carbocycles. The molecule has 1 saturated heterocycles. The van der Waals surface area contributed by atoms with Crippen LogP contribution in [0.4, 0.5) is 0 Å². The minimum absolute atomic E-state index is 0.0137. The molecule has 0 radical (unpaired) electrons. The third-order valence-electron chi connectivity index (χ3n) is 5.41. The summed E-state index contributed by atoms with van der Waals surface area (Å²) in [5.74, 6) is 0.102. The number of carboxylic acid groups (broad SMARTS) is 1. The van der Waals surface area contributed by atoms with E-state index in [1.165, 1.54) is 0 Å². The van der Waals surface area contributed by atoms with Gasteiger partial charge in [-0.3, -0.25) is 4.79 Å². The van der Waals surface area contributed by atoms with Crippen LogP contribution >= 0.6 is 0 Å². The molecule has 184 valence electrons. The van der Waals surface area contributed by atoms with Crippen LogP contribution < -0.4 is 9.47 Å². The number of carbonyl (C=O) groups excluding carboxylic acids is 1. The molecule has 1 heterocycles. The lowest BCUT2D eigenvalue weighted by atomic mass is 10.1. The van der Waals surface area contributed by atoms with Crippen LogP contribution in [0.1, 0.15) is 42.6 Å². The average Bonchev–Trinajstić information content (AvgIpc) is 3.36. The highest BCUT2D eigenvalue weighted by atomic mass is 16.5. The molecular formula is C26H33NO7. The highest BCUT2D eigenvalue weighted by Crippen LogP contribution is 2.18. The van der Waals surface area contributed by atoms with E-state index in [1.807, 2.05) is 11.0 Å². The highest BCUT2D eigenvalue weighted by molar-refractivity contribution is 5.94. The number of aliphatic hydroxyl groups is 1. The van der Waals surface area contributed by atoms with E-state index in [9.17, 15) is 19.8 Å². The van der Waals surface area contributed by atoms with E-state index in [1.54, 1.807) is 56.3 Å². The van der Waals surface area contributed by atoms with Gasteiger partial charge >= 0.3 is 5.97 Å². The zero-order valence-corrected chi connectivity index (χ0v) is 19.7. The third-order valence-corrected chi connectivity index (χ3v) is 5.41. The number of hydrogen-bond donors (Lipinski definition) is 2. The Bertz CT molecular complexity index is 938. The van der Waals surface area contributed by atoms with Gasteiger partial charge in [0.2, 0.25) is 0 Å². The molecule has 2 aromatic rings. The fraction of sp³-hybridized carbons (Fsp3) is 0.462. The number of ether oxygens (including phenoxy) is 3. The van der Waals surface area contributed by atoms with Crippen molar-refractivity contribution in [2.75, 3.05) is 26.3 Å². The summed E-state index contributed by atoms with van der Waals surface area (Å²) in [5, 5.41) is 19.6. The molecule has 1 fully saturated rings. The minimum atomic E-state index is -1.01. The Labute approximate surface area is 200 Å². The smallest absolute Gasteiger partial charge is 0.333 e. The molecule has 8 nitrogen and oxygen atoms in total. The SMILES string of the molecule is CC(C)OC(Cc1cccc(OCC(O)COc2ccc(C(=O)N3CCCC3)cc2)c1)C(=O)O. The summed E-state index contributed by atoms with van der Waals surface area (Å²) in [6, 6.07) is 14.0. The molecular weight excluding hydrogens is 438 g/mol. The lowest BCUT2D eigenvalue weighted by Crippen LogP contribution is -2.29. The maximum Gasteiger partial charge on any atom is 0.333 e. The van der Waals surface area contributed by atoms with Crippen molar-refractivity contribution < 1.29 is 34.0 Å². The normalized spacial score (nSPS) is 15.2. The summed E-state index contributed by atoms with van der Waals surface area (Å²) in [6.07, 6.45) is 0.306. The maximum atomic E-state index is 12.4. The number of benzene rings is 2. The van der Waals surface area contributed by atoms with Gasteiger partial charge in [-0.2, -0.15) is 0 Å². The van der Waals surface area contributed by atoms with Gasteiger partial charge in [0, 0.05) is 25.1 Å². The lowest BCUT2D eigenvalue weighted by Gasteiger charge is -2.17. The van der Waals surface area contributed by atoms with Crippen LogP contribution in [0.5, 0.6) is 11.5 Å². The number of nitrogens with zero attached hydrogens (tertiary/aromatic N) is 1. The number of carboxylic acids is 1. The summed E-state index contributed by atoms with van der Waals surface area (Å²) in [6.45, 7) is 5.24. The molecule has 2 atom stereocenters. The molecule has 34 heavy (non-hydrogen) atoms. The van der Waals surface area contributed by atoms with Gasteiger partial charge in [-0.1, -0.05) is 12.1 Å². The largest absolute Gasteiger partial charge is 0.491 e. The van der Waals surface area contributed by atoms with Gasteiger partial charge in [-0.05, 0) is 68.7 Å². The summed E-state index contributed by atoms with van der Waals surface area (Å²) < 4.78 is 16.7. The van der Waals surface area contributed by atoms with Crippen LogP contribution in [-0.4, -0.2) is 71.6 Å². The van der Waals surface area contributed by atoms with E-state index in [4.69, 9.17) is 14.2 Å². The number of aliphatic hydroxyl groups excluding tert-OH is 1. The van der Waals surface area contributed by atoms with Crippen molar-refractivity contribution in [1.82, 2.24) is 4.90 Å². The average molecular weight is 472 g/mol. The first-order valence-electron chi connectivity index (χ1n) is 11.6. The van der Waals surface area contributed by atoms with Crippen molar-refractivity contribution in [1.29, 1.82) is 0 Å². The van der Waals surface area contributed by atoms with Crippen LogP contribution in [0.15, 0.2) is 48.5 Å². The standard InChI is InChI=1S/C26H33NO7/c1-18(2)34-24(26(30)31)15-19-6-5-7-23(14-19)33-17-21(28)16-32-22-10-8-20(9-11-22)25(29)27-12-3-4-13-27/h5-11,14,18,21,24,28H,3-4,12-13,15-17H2,1-2H3,(H,30,31). The summed E-state index contributed by atoms with van der Waals surface area (Å²) in [4.78, 5) is 25.7. The second-order valence-electron chi connectivity index (χ2n) is 8.66. The maximum absolute atomic E-state index is 12.4. The molecule has 2 aromatic carbocycles. The van der Waals surface area contributed by atoms with Crippen molar-refractivity contribution in [3.63, 3.8) is 0 Å². The van der Waals surface area contributed by atoms with E-state index in [0.717, 1.165) is 31.5 Å². The molecule has 2 unspecified atom stereocenters. The number of hydrogen-bond acceptors (Lipinski definition) is 6. The number of rotatable bonds is 12. The van der Waals surface area contributed by atoms with Gasteiger partial charge in [0.25, 0.3) is 5.91 Å². The van der Waals surface area contributed by atoms with Crippen molar-refractivity contribution in [3.05, 3.63) is 59.7 Å². The number of amides is 1. The van der Waals surface area contributed by atoms with Crippen LogP contribution in [0.2, 0.25) is 0 Å². The van der Waals surface area contributed by atoms with E-state index >= 15 is 0 Å². The van der Waals surface area contributed by atoms with Crippen LogP contribution in [0.25, 0.3) is 0 Å². The van der Waals surface area contributed by atoms with E-state index in [2.05, 4.69) is 0 Å². The Morgan fingerprint density at radius 1 is 0.971 bits per heavy atom.